The van der Waals surface area contributed by atoms with Gasteiger partial charge in [0, 0.05) is 24.4 Å². The van der Waals surface area contributed by atoms with Gasteiger partial charge in [0.25, 0.3) is 0 Å². The van der Waals surface area contributed by atoms with Crippen LogP contribution in [0.15, 0.2) is 30.7 Å². The second kappa shape index (κ2) is 4.18. The lowest BCUT2D eigenvalue weighted by Crippen LogP contribution is -1.95. The van der Waals surface area contributed by atoms with Gasteiger partial charge < -0.3 is 4.74 Å². The molecule has 0 saturated heterocycles. The molecule has 2 aromatic rings. The Balaban J connectivity index is 2.35. The smallest absolute Gasteiger partial charge is 0.222 e. The average Bonchev–Trinajstić information content (AvgIpc) is 2.25. The maximum atomic E-state index is 13.1. The zero-order valence-corrected chi connectivity index (χ0v) is 7.82. The van der Waals surface area contributed by atoms with Gasteiger partial charge in [-0.3, -0.25) is 0 Å². The normalized spacial score (nSPS) is 10.2. The van der Waals surface area contributed by atoms with Crippen LogP contribution in [0.4, 0.5) is 13.2 Å². The van der Waals surface area contributed by atoms with E-state index in [9.17, 15) is 13.2 Å². The molecule has 0 amide bonds. The largest absolute Gasteiger partial charge is 0.433 e. The molecule has 0 radical (unpaired) electrons. The molecule has 0 atom stereocenters. The van der Waals surface area contributed by atoms with Crippen molar-refractivity contribution in [2.75, 3.05) is 0 Å². The number of ether oxygens (including phenoxy) is 1. The van der Waals surface area contributed by atoms with Crippen LogP contribution < -0.4 is 4.74 Å². The Hall–Kier alpha value is -2.11. The van der Waals surface area contributed by atoms with Gasteiger partial charge in [-0.1, -0.05) is 0 Å². The van der Waals surface area contributed by atoms with Crippen LogP contribution in [0.5, 0.6) is 11.6 Å². The number of halogens is 3. The Kier molecular flexibility index (Phi) is 2.72. The molecule has 2 rings (SSSR count). The average molecular weight is 226 g/mol. The highest BCUT2D eigenvalue weighted by Gasteiger charge is 2.14. The van der Waals surface area contributed by atoms with E-state index in [1.165, 1.54) is 12.3 Å². The van der Waals surface area contributed by atoms with E-state index in [4.69, 9.17) is 4.74 Å². The molecule has 6 heteroatoms. The number of aromatic nitrogens is 2. The van der Waals surface area contributed by atoms with E-state index in [2.05, 4.69) is 9.97 Å². The van der Waals surface area contributed by atoms with Crippen molar-refractivity contribution in [3.63, 3.8) is 0 Å². The van der Waals surface area contributed by atoms with Crippen LogP contribution in [0.25, 0.3) is 0 Å². The van der Waals surface area contributed by atoms with E-state index in [1.54, 1.807) is 0 Å². The van der Waals surface area contributed by atoms with Crippen LogP contribution in [0.1, 0.15) is 0 Å². The van der Waals surface area contributed by atoms with Gasteiger partial charge in [-0.2, -0.15) is 0 Å². The zero-order valence-electron chi connectivity index (χ0n) is 7.82. The number of hydrogen-bond acceptors (Lipinski definition) is 3. The third-order valence-electron chi connectivity index (χ3n) is 1.72. The molecule has 0 aliphatic heterocycles. The monoisotopic (exact) mass is 226 g/mol. The Morgan fingerprint density at radius 3 is 2.31 bits per heavy atom. The molecule has 0 bridgehead atoms. The first-order valence-corrected chi connectivity index (χ1v) is 4.25. The number of hydrogen-bond donors (Lipinski definition) is 0. The Labute approximate surface area is 88.5 Å². The molecule has 1 heterocycles. The second-order valence-corrected chi connectivity index (χ2v) is 2.85. The van der Waals surface area contributed by atoms with Crippen molar-refractivity contribution in [1.29, 1.82) is 0 Å². The predicted molar refractivity (Wildman–Crippen MR) is 48.4 cm³/mol. The fourth-order valence-corrected chi connectivity index (χ4v) is 1.07. The van der Waals surface area contributed by atoms with E-state index >= 15 is 0 Å². The fraction of sp³-hybridized carbons (Fsp3) is 0. The van der Waals surface area contributed by atoms with Crippen molar-refractivity contribution in [3.8, 4) is 11.6 Å². The highest BCUT2D eigenvalue weighted by atomic mass is 19.1. The van der Waals surface area contributed by atoms with Crippen LogP contribution in [0, 0.1) is 17.5 Å². The molecular weight excluding hydrogens is 221 g/mol. The molecule has 3 nitrogen and oxygen atoms in total. The summed E-state index contributed by atoms with van der Waals surface area (Å²) in [6, 6.07) is 2.38. The first kappa shape index (κ1) is 10.4. The molecule has 1 aromatic carbocycles. The maximum Gasteiger partial charge on any atom is 0.222 e. The van der Waals surface area contributed by atoms with Crippen LogP contribution >= 0.6 is 0 Å². The quantitative estimate of drug-likeness (QED) is 0.789. The highest BCUT2D eigenvalue weighted by Crippen LogP contribution is 2.26. The van der Waals surface area contributed by atoms with E-state index in [-0.39, 0.29) is 5.88 Å². The van der Waals surface area contributed by atoms with Gasteiger partial charge in [-0.25, -0.2) is 23.1 Å². The number of benzene rings is 1. The van der Waals surface area contributed by atoms with Crippen molar-refractivity contribution in [2.24, 2.45) is 0 Å². The van der Waals surface area contributed by atoms with Gasteiger partial charge >= 0.3 is 0 Å². The summed E-state index contributed by atoms with van der Waals surface area (Å²) < 4.78 is 43.7. The van der Waals surface area contributed by atoms with Gasteiger partial charge in [-0.05, 0) is 0 Å². The molecule has 82 valence electrons. The van der Waals surface area contributed by atoms with Crippen molar-refractivity contribution < 1.29 is 17.9 Å². The lowest BCUT2D eigenvalue weighted by Gasteiger charge is -2.06. The summed E-state index contributed by atoms with van der Waals surface area (Å²) in [4.78, 5) is 7.23. The summed E-state index contributed by atoms with van der Waals surface area (Å²) in [6.07, 6.45) is 2.51. The van der Waals surface area contributed by atoms with Gasteiger partial charge in [0.2, 0.25) is 11.6 Å². The predicted octanol–water partition coefficient (Wildman–Crippen LogP) is 2.69. The SMILES string of the molecule is Fc1cc(F)c(Oc2ccncn2)c(F)c1. The molecule has 0 aliphatic rings. The van der Waals surface area contributed by atoms with E-state index in [0.717, 1.165) is 6.33 Å². The summed E-state index contributed by atoms with van der Waals surface area (Å²) in [5.41, 5.74) is 0. The van der Waals surface area contributed by atoms with E-state index < -0.39 is 23.2 Å². The topological polar surface area (TPSA) is 35.0 Å². The molecule has 0 N–H and O–H groups in total. The summed E-state index contributed by atoms with van der Waals surface area (Å²) in [5.74, 6) is -3.99. The minimum atomic E-state index is -1.13. The van der Waals surface area contributed by atoms with Gasteiger partial charge in [0.15, 0.2) is 11.6 Å². The highest BCUT2D eigenvalue weighted by molar-refractivity contribution is 5.30. The van der Waals surface area contributed by atoms with Crippen molar-refractivity contribution in [3.05, 3.63) is 48.2 Å². The Bertz CT molecular complexity index is 482. The molecule has 16 heavy (non-hydrogen) atoms. The van der Waals surface area contributed by atoms with Crippen molar-refractivity contribution >= 4 is 0 Å². The number of rotatable bonds is 2. The zero-order chi connectivity index (χ0) is 11.5. The third-order valence-corrected chi connectivity index (χ3v) is 1.72. The Morgan fingerprint density at radius 1 is 1.06 bits per heavy atom. The molecule has 1 aromatic heterocycles. The maximum absolute atomic E-state index is 13.1. The molecule has 0 fully saturated rings. The van der Waals surface area contributed by atoms with Crippen LogP contribution in [-0.2, 0) is 0 Å². The molecule has 0 saturated carbocycles. The summed E-state index contributed by atoms with van der Waals surface area (Å²) in [5, 5.41) is 0. The number of nitrogens with zero attached hydrogens (tertiary/aromatic N) is 2. The van der Waals surface area contributed by atoms with Crippen LogP contribution in [0.3, 0.4) is 0 Å². The standard InChI is InChI=1S/C10H5F3N2O/c11-6-3-7(12)10(8(13)4-6)16-9-1-2-14-5-15-9/h1-5H. The first-order chi connectivity index (χ1) is 7.66. The Morgan fingerprint density at radius 2 is 1.75 bits per heavy atom. The molecule has 0 aliphatic carbocycles. The fourth-order valence-electron chi connectivity index (χ4n) is 1.07. The lowest BCUT2D eigenvalue weighted by molar-refractivity contribution is 0.389. The lowest BCUT2D eigenvalue weighted by atomic mass is 10.3. The minimum absolute atomic E-state index is 0.0283. The van der Waals surface area contributed by atoms with E-state index in [1.807, 2.05) is 0 Å². The summed E-state index contributed by atoms with van der Waals surface area (Å²) in [6.45, 7) is 0. The van der Waals surface area contributed by atoms with Gasteiger partial charge in [-0.15, -0.1) is 0 Å². The van der Waals surface area contributed by atoms with Gasteiger partial charge in [0.05, 0.1) is 0 Å². The van der Waals surface area contributed by atoms with Crippen molar-refractivity contribution in [1.82, 2.24) is 9.97 Å². The van der Waals surface area contributed by atoms with Crippen molar-refractivity contribution in [2.45, 2.75) is 0 Å². The molecular formula is C10H5F3N2O. The molecule has 0 spiro atoms. The van der Waals surface area contributed by atoms with Crippen LogP contribution in [0.2, 0.25) is 0 Å². The van der Waals surface area contributed by atoms with Gasteiger partial charge in [0.1, 0.15) is 12.1 Å². The molecule has 0 unspecified atom stereocenters. The third kappa shape index (κ3) is 2.10. The first-order valence-electron chi connectivity index (χ1n) is 4.25. The summed E-state index contributed by atoms with van der Waals surface area (Å²) >= 11 is 0. The van der Waals surface area contributed by atoms with Crippen LogP contribution in [-0.4, -0.2) is 9.97 Å². The van der Waals surface area contributed by atoms with E-state index in [0.29, 0.717) is 12.1 Å². The summed E-state index contributed by atoms with van der Waals surface area (Å²) in [7, 11) is 0. The minimum Gasteiger partial charge on any atom is -0.433 e. The second-order valence-electron chi connectivity index (χ2n) is 2.85.